The highest BCUT2D eigenvalue weighted by atomic mass is 35.5. The molecule has 8 rings (SSSR count). The van der Waals surface area contributed by atoms with E-state index < -0.39 is 42.2 Å². The van der Waals surface area contributed by atoms with Crippen LogP contribution in [0.5, 0.6) is 5.75 Å². The van der Waals surface area contributed by atoms with Crippen molar-refractivity contribution in [2.45, 2.75) is 159 Å². The van der Waals surface area contributed by atoms with E-state index in [1.54, 1.807) is 36.8 Å². The number of aromatic nitrogens is 4. The minimum Gasteiger partial charge on any atom is -0.490 e. The first-order valence-corrected chi connectivity index (χ1v) is 27.3. The number of nitrogens with one attached hydrogen (secondary N) is 2. The van der Waals surface area contributed by atoms with Gasteiger partial charge in [-0.2, -0.15) is 0 Å². The van der Waals surface area contributed by atoms with Crippen molar-refractivity contribution in [3.05, 3.63) is 81.7 Å². The number of aliphatic hydroxyl groups excluding tert-OH is 1. The zero-order valence-electron chi connectivity index (χ0n) is 42.5. The summed E-state index contributed by atoms with van der Waals surface area (Å²) >= 11 is 8.53. The molecule has 4 fully saturated rings. The Morgan fingerprint density at radius 1 is 0.959 bits per heavy atom. The maximum absolute atomic E-state index is 14.8. The molecule has 21 heteroatoms. The van der Waals surface area contributed by atoms with Gasteiger partial charge in [0, 0.05) is 51.6 Å². The second-order valence-corrected chi connectivity index (χ2v) is 21.7. The fraction of sp³-hybridized carbons (Fsp3) is 0.566. The van der Waals surface area contributed by atoms with Gasteiger partial charge < -0.3 is 46.6 Å². The highest BCUT2D eigenvalue weighted by molar-refractivity contribution is 7.13. The monoisotopic (exact) mass is 1060 g/mol. The number of benzene rings is 2. The second kappa shape index (κ2) is 24.6. The minimum absolute atomic E-state index is 0.00603. The normalized spacial score (nSPS) is 22.6. The smallest absolute Gasteiger partial charge is 0.248 e. The van der Waals surface area contributed by atoms with Crippen LogP contribution < -0.4 is 26.8 Å². The lowest BCUT2D eigenvalue weighted by atomic mass is 9.83. The molecule has 8 atom stereocenters. The molecule has 2 aromatic carbocycles. The highest BCUT2D eigenvalue weighted by Gasteiger charge is 2.46. The molecule has 3 aliphatic heterocycles. The molecule has 7 N–H and O–H groups in total. The van der Waals surface area contributed by atoms with Gasteiger partial charge in [-0.15, -0.1) is 16.4 Å². The van der Waals surface area contributed by atoms with Crippen molar-refractivity contribution in [2.75, 3.05) is 26.2 Å². The Labute approximate surface area is 441 Å². The largest absolute Gasteiger partial charge is 0.490 e. The lowest BCUT2D eigenvalue weighted by Gasteiger charge is -2.37. The molecule has 0 radical (unpaired) electrons. The van der Waals surface area contributed by atoms with E-state index in [-0.39, 0.29) is 86.5 Å². The van der Waals surface area contributed by atoms with Crippen LogP contribution in [0.4, 0.5) is 0 Å². The summed E-state index contributed by atoms with van der Waals surface area (Å²) in [7, 11) is 0. The zero-order chi connectivity index (χ0) is 52.6. The second-order valence-electron chi connectivity index (χ2n) is 20.5. The van der Waals surface area contributed by atoms with Crippen LogP contribution in [0.1, 0.15) is 125 Å². The molecule has 1 saturated carbocycles. The predicted octanol–water partition coefficient (Wildman–Crippen LogP) is 4.57. The number of fused-ring (bicyclic) bond motifs is 1. The van der Waals surface area contributed by atoms with Crippen LogP contribution >= 0.6 is 22.9 Å². The summed E-state index contributed by atoms with van der Waals surface area (Å²) in [6.45, 7) is 5.89. The number of likely N-dealkylation sites (tertiary alicyclic amines) is 1. The van der Waals surface area contributed by atoms with Crippen molar-refractivity contribution in [1.82, 2.24) is 45.3 Å². The van der Waals surface area contributed by atoms with Gasteiger partial charge in [0.1, 0.15) is 36.5 Å². The van der Waals surface area contributed by atoms with E-state index in [0.29, 0.717) is 61.5 Å². The maximum atomic E-state index is 14.8. The SMILES string of the molecule is CC(=O)N1CC[C@H]2CC[C@@H](C(=O)N[C@@H](CCC(N)=O)COc3cccc(CCCc4cn(C(C(=O)N5C[C@H](O)C[C@H]5C(=O)N[C@@H](C)c5ccc(-c6scnc6C)cc5)C5CCCCC5)nn4)c3Cl)N2C(=O)[C@@H](N)C1. The molecule has 5 heterocycles. The number of thiazole rings is 1. The van der Waals surface area contributed by atoms with E-state index in [9.17, 15) is 33.9 Å². The van der Waals surface area contributed by atoms with Gasteiger partial charge in [0.2, 0.25) is 35.4 Å². The molecule has 6 amide bonds. The lowest BCUT2D eigenvalue weighted by molar-refractivity contribution is -0.144. The van der Waals surface area contributed by atoms with E-state index >= 15 is 0 Å². The topological polar surface area (TPSA) is 261 Å². The number of nitrogens with two attached hydrogens (primary N) is 2. The van der Waals surface area contributed by atoms with Crippen LogP contribution in [0.15, 0.2) is 54.2 Å². The van der Waals surface area contributed by atoms with Gasteiger partial charge in [0.15, 0.2) is 0 Å². The molecule has 0 bridgehead atoms. The minimum atomic E-state index is -0.959. The van der Waals surface area contributed by atoms with Crippen molar-refractivity contribution in [2.24, 2.45) is 17.4 Å². The van der Waals surface area contributed by atoms with Crippen LogP contribution in [0, 0.1) is 12.8 Å². The first-order valence-electron chi connectivity index (χ1n) is 26.1. The number of ether oxygens (including phenoxy) is 1. The number of halogens is 1. The van der Waals surface area contributed by atoms with Crippen molar-refractivity contribution >= 4 is 58.4 Å². The van der Waals surface area contributed by atoms with E-state index in [0.717, 1.165) is 59.4 Å². The molecule has 398 valence electrons. The number of hydrogen-bond acceptors (Lipinski definition) is 13. The third-order valence-electron chi connectivity index (χ3n) is 15.3. The number of rotatable bonds is 19. The summed E-state index contributed by atoms with van der Waals surface area (Å²) in [5, 5.41) is 26.4. The molecular weight excluding hydrogens is 986 g/mol. The first kappa shape index (κ1) is 54.3. The van der Waals surface area contributed by atoms with Crippen LogP contribution in [-0.2, 0) is 41.6 Å². The standard InChI is InChI=1S/C53H70ClN11O8S/c1-31(34-15-17-37(18-16-34)49-32(2)57-30-74-49)58-51(70)44-25-41(67)27-63(44)53(72)48(36-9-5-4-6-10-36)64-26-38(60-61-64)13-7-11-35-12-8-14-45(47(35)54)73-29-39(19-22-46(56)68)59-50(69)43-21-20-40-23-24-62(33(3)66)28-42(55)52(71)65(40)43/h8,12,14-18,26,30-31,36,39-44,48,67H,4-7,9-11,13,19-25,27-29,55H2,1-3H3,(H2,56,68)(H,58,70)(H,59,69)/t31-,39-,40+,41+,42-,43-,44-,48?/m0/s1. The molecule has 4 aromatic rings. The fourth-order valence-corrected chi connectivity index (χ4v) is 12.3. The highest BCUT2D eigenvalue weighted by Crippen LogP contribution is 2.37. The molecular formula is C53H70ClN11O8S. The molecule has 3 saturated heterocycles. The first-order chi connectivity index (χ1) is 35.6. The Morgan fingerprint density at radius 2 is 1.72 bits per heavy atom. The van der Waals surface area contributed by atoms with Crippen LogP contribution in [0.2, 0.25) is 5.02 Å². The van der Waals surface area contributed by atoms with Crippen molar-refractivity contribution < 1.29 is 38.6 Å². The number of carbonyl (C=O) groups excluding carboxylic acids is 6. The molecule has 74 heavy (non-hydrogen) atoms. The number of β-amino-alcohol motifs (C(OH)–C–C–N with tert-alkyl or cyclic N) is 1. The van der Waals surface area contributed by atoms with Gasteiger partial charge in [-0.1, -0.05) is 72.5 Å². The Balaban J connectivity index is 0.878. The van der Waals surface area contributed by atoms with Crippen LogP contribution in [0.3, 0.4) is 0 Å². The van der Waals surface area contributed by atoms with Crippen molar-refractivity contribution in [1.29, 1.82) is 0 Å². The summed E-state index contributed by atoms with van der Waals surface area (Å²) in [6, 6.07) is 9.04. The summed E-state index contributed by atoms with van der Waals surface area (Å²) in [4.78, 5) is 90.3. The molecule has 19 nitrogen and oxygen atoms in total. The van der Waals surface area contributed by atoms with Crippen molar-refractivity contribution in [3.8, 4) is 16.2 Å². The summed E-state index contributed by atoms with van der Waals surface area (Å²) in [5.74, 6) is -1.62. The lowest BCUT2D eigenvalue weighted by Crippen LogP contribution is -2.59. The zero-order valence-corrected chi connectivity index (χ0v) is 44.1. The fourth-order valence-electron chi connectivity index (χ4n) is 11.2. The van der Waals surface area contributed by atoms with Gasteiger partial charge in [0.05, 0.1) is 45.0 Å². The third-order valence-corrected chi connectivity index (χ3v) is 16.7. The number of amides is 6. The summed E-state index contributed by atoms with van der Waals surface area (Å²) in [5.41, 5.74) is 18.1. The number of hydrogen-bond donors (Lipinski definition) is 5. The maximum Gasteiger partial charge on any atom is 0.248 e. The van der Waals surface area contributed by atoms with Gasteiger partial charge >= 0.3 is 0 Å². The van der Waals surface area contributed by atoms with Gasteiger partial charge in [-0.05, 0) is 100 Å². The Hall–Kier alpha value is -5.96. The Morgan fingerprint density at radius 3 is 2.43 bits per heavy atom. The molecule has 1 unspecified atom stereocenters. The Bertz CT molecular complexity index is 2640. The number of aryl methyl sites for hydroxylation is 3. The molecule has 4 aliphatic rings. The number of aliphatic hydroxyl groups is 1. The van der Waals surface area contributed by atoms with Gasteiger partial charge in [0.25, 0.3) is 0 Å². The van der Waals surface area contributed by atoms with Gasteiger partial charge in [-0.25, -0.2) is 9.67 Å². The van der Waals surface area contributed by atoms with E-state index in [1.165, 1.54) is 6.92 Å². The number of carbonyl (C=O) groups is 6. The van der Waals surface area contributed by atoms with E-state index in [4.69, 9.17) is 27.8 Å². The quantitative estimate of drug-likeness (QED) is 0.0866. The number of nitrogens with zero attached hydrogens (tertiary/aromatic N) is 7. The predicted molar refractivity (Wildman–Crippen MR) is 278 cm³/mol. The van der Waals surface area contributed by atoms with Crippen molar-refractivity contribution in [3.63, 3.8) is 0 Å². The van der Waals surface area contributed by atoms with Crippen LogP contribution in [0.25, 0.3) is 10.4 Å². The average Bonchev–Trinajstić information content (AvgIpc) is 4.22. The van der Waals surface area contributed by atoms with Gasteiger partial charge in [-0.3, -0.25) is 28.8 Å². The summed E-state index contributed by atoms with van der Waals surface area (Å²) < 4.78 is 7.87. The third kappa shape index (κ3) is 12.9. The van der Waals surface area contributed by atoms with E-state index in [1.807, 2.05) is 62.0 Å². The number of primary amides is 1. The molecule has 1 aliphatic carbocycles. The Kier molecular flexibility index (Phi) is 18.0. The molecule has 2 aromatic heterocycles. The average molecular weight is 1060 g/mol. The summed E-state index contributed by atoms with van der Waals surface area (Å²) in [6.07, 6.45) is 9.31. The molecule has 0 spiro atoms. The van der Waals surface area contributed by atoms with E-state index in [2.05, 4.69) is 25.9 Å². The van der Waals surface area contributed by atoms with Crippen LogP contribution in [-0.4, -0.2) is 138 Å².